The average Bonchev–Trinajstić information content (AvgIpc) is 3.17. The predicted molar refractivity (Wildman–Crippen MR) is 114 cm³/mol. The zero-order valence-corrected chi connectivity index (χ0v) is 16.4. The van der Waals surface area contributed by atoms with Crippen LogP contribution in [0.2, 0.25) is 0 Å². The molecule has 2 amide bonds. The Labute approximate surface area is 169 Å². The monoisotopic (exact) mass is 386 g/mol. The molecule has 1 heterocycles. The molecule has 0 aromatic heterocycles. The van der Waals surface area contributed by atoms with Crippen LogP contribution < -0.4 is 15.0 Å². The summed E-state index contributed by atoms with van der Waals surface area (Å²) in [6.45, 7) is 2.59. The van der Waals surface area contributed by atoms with Gasteiger partial charge in [0.05, 0.1) is 12.8 Å². The van der Waals surface area contributed by atoms with Crippen molar-refractivity contribution < 1.29 is 14.3 Å². The van der Waals surface area contributed by atoms with Crippen molar-refractivity contribution >= 4 is 23.2 Å². The van der Waals surface area contributed by atoms with E-state index >= 15 is 0 Å². The van der Waals surface area contributed by atoms with Crippen molar-refractivity contribution in [1.82, 2.24) is 0 Å². The first kappa shape index (κ1) is 18.7. The van der Waals surface area contributed by atoms with Gasteiger partial charge in [0.1, 0.15) is 5.75 Å². The summed E-state index contributed by atoms with van der Waals surface area (Å²) in [6, 6.07) is 20.3. The summed E-state index contributed by atoms with van der Waals surface area (Å²) in [4.78, 5) is 27.6. The van der Waals surface area contributed by atoms with Gasteiger partial charge in [-0.1, -0.05) is 30.3 Å². The van der Waals surface area contributed by atoms with Crippen molar-refractivity contribution in [3.63, 3.8) is 0 Å². The van der Waals surface area contributed by atoms with E-state index in [2.05, 4.69) is 5.32 Å². The van der Waals surface area contributed by atoms with Gasteiger partial charge in [-0.3, -0.25) is 9.59 Å². The first-order valence-corrected chi connectivity index (χ1v) is 9.52. The highest BCUT2D eigenvalue weighted by Crippen LogP contribution is 2.29. The van der Waals surface area contributed by atoms with Crippen molar-refractivity contribution in [2.45, 2.75) is 13.3 Å². The summed E-state index contributed by atoms with van der Waals surface area (Å²) in [5, 5.41) is 2.88. The molecule has 0 saturated carbocycles. The normalized spacial score (nSPS) is 12.4. The second-order valence-electron chi connectivity index (χ2n) is 7.07. The molecule has 1 aliphatic rings. The highest BCUT2D eigenvalue weighted by molar-refractivity contribution is 6.10. The number of amides is 2. The summed E-state index contributed by atoms with van der Waals surface area (Å²) in [7, 11) is 1.56. The van der Waals surface area contributed by atoms with Crippen LogP contribution in [0.4, 0.5) is 11.4 Å². The van der Waals surface area contributed by atoms with Crippen molar-refractivity contribution in [2.75, 3.05) is 23.9 Å². The summed E-state index contributed by atoms with van der Waals surface area (Å²) in [5.41, 5.74) is 4.64. The SMILES string of the molecule is COc1ccc(C)cc1NC(=O)c1cccc(C(=O)N2CCc3ccccc32)c1. The second kappa shape index (κ2) is 7.80. The molecule has 0 atom stereocenters. The number of carbonyl (C=O) groups is 2. The van der Waals surface area contributed by atoms with Gasteiger partial charge in [-0.15, -0.1) is 0 Å². The smallest absolute Gasteiger partial charge is 0.258 e. The fourth-order valence-electron chi connectivity index (χ4n) is 3.61. The minimum Gasteiger partial charge on any atom is -0.495 e. The standard InChI is InChI=1S/C24H22N2O3/c1-16-10-11-22(29-2)20(14-16)25-23(27)18-7-5-8-19(15-18)24(28)26-13-12-17-6-3-4-9-21(17)26/h3-11,14-15H,12-13H2,1-2H3,(H,25,27). The number of hydrogen-bond acceptors (Lipinski definition) is 3. The van der Waals surface area contributed by atoms with Crippen LogP contribution in [0.3, 0.4) is 0 Å². The molecule has 5 heteroatoms. The topological polar surface area (TPSA) is 58.6 Å². The molecular formula is C24H22N2O3. The number of ether oxygens (including phenoxy) is 1. The Hall–Kier alpha value is -3.60. The van der Waals surface area contributed by atoms with E-state index in [1.165, 1.54) is 5.56 Å². The lowest BCUT2D eigenvalue weighted by atomic mass is 10.1. The Morgan fingerprint density at radius 3 is 2.59 bits per heavy atom. The quantitative estimate of drug-likeness (QED) is 0.720. The maximum Gasteiger partial charge on any atom is 0.258 e. The molecule has 0 bridgehead atoms. The maximum atomic E-state index is 13.1. The van der Waals surface area contributed by atoms with Crippen molar-refractivity contribution in [2.24, 2.45) is 0 Å². The minimum absolute atomic E-state index is 0.0993. The van der Waals surface area contributed by atoms with Gasteiger partial charge >= 0.3 is 0 Å². The first-order valence-electron chi connectivity index (χ1n) is 9.52. The Morgan fingerprint density at radius 1 is 0.966 bits per heavy atom. The lowest BCUT2D eigenvalue weighted by molar-refractivity contribution is 0.0989. The van der Waals surface area contributed by atoms with E-state index in [0.717, 1.165) is 17.7 Å². The number of para-hydroxylation sites is 1. The molecule has 3 aromatic rings. The Kier molecular flexibility index (Phi) is 5.04. The third-order valence-corrected chi connectivity index (χ3v) is 5.11. The number of fused-ring (bicyclic) bond motifs is 1. The lowest BCUT2D eigenvalue weighted by Gasteiger charge is -2.18. The molecule has 1 aliphatic heterocycles. The van der Waals surface area contributed by atoms with Crippen LogP contribution in [0.15, 0.2) is 66.7 Å². The van der Waals surface area contributed by atoms with Crippen LogP contribution in [0.5, 0.6) is 5.75 Å². The van der Waals surface area contributed by atoms with Crippen LogP contribution in [-0.4, -0.2) is 25.5 Å². The second-order valence-corrected chi connectivity index (χ2v) is 7.07. The fraction of sp³-hybridized carbons (Fsp3) is 0.167. The van der Waals surface area contributed by atoms with E-state index in [9.17, 15) is 9.59 Å². The van der Waals surface area contributed by atoms with Crippen LogP contribution in [0, 0.1) is 6.92 Å². The molecule has 0 spiro atoms. The molecule has 0 saturated heterocycles. The van der Waals surface area contributed by atoms with Crippen LogP contribution in [0.1, 0.15) is 31.8 Å². The highest BCUT2D eigenvalue weighted by atomic mass is 16.5. The molecule has 4 rings (SSSR count). The van der Waals surface area contributed by atoms with E-state index in [1.54, 1.807) is 36.3 Å². The van der Waals surface area contributed by atoms with E-state index in [4.69, 9.17) is 4.74 Å². The van der Waals surface area contributed by atoms with Gasteiger partial charge in [0.15, 0.2) is 0 Å². The van der Waals surface area contributed by atoms with Crippen LogP contribution >= 0.6 is 0 Å². The van der Waals surface area contributed by atoms with Gasteiger partial charge in [-0.05, 0) is 60.9 Å². The third kappa shape index (κ3) is 3.72. The third-order valence-electron chi connectivity index (χ3n) is 5.11. The molecule has 0 radical (unpaired) electrons. The van der Waals surface area contributed by atoms with Gasteiger partial charge in [0.25, 0.3) is 11.8 Å². The molecule has 146 valence electrons. The number of nitrogens with zero attached hydrogens (tertiary/aromatic N) is 1. The van der Waals surface area contributed by atoms with Gasteiger partial charge < -0.3 is 15.0 Å². The van der Waals surface area contributed by atoms with Crippen LogP contribution in [0.25, 0.3) is 0 Å². The van der Waals surface area contributed by atoms with Gasteiger partial charge in [-0.2, -0.15) is 0 Å². The zero-order chi connectivity index (χ0) is 20.4. The number of rotatable bonds is 4. The van der Waals surface area contributed by atoms with Crippen molar-refractivity contribution in [3.8, 4) is 5.75 Å². The van der Waals surface area contributed by atoms with E-state index in [1.807, 2.05) is 49.4 Å². The highest BCUT2D eigenvalue weighted by Gasteiger charge is 2.25. The Bertz CT molecular complexity index is 1090. The number of anilines is 2. The van der Waals surface area contributed by atoms with Crippen molar-refractivity contribution in [3.05, 3.63) is 89.0 Å². The molecule has 5 nitrogen and oxygen atoms in total. The summed E-state index contributed by atoms with van der Waals surface area (Å²) < 4.78 is 5.32. The maximum absolute atomic E-state index is 13.1. The van der Waals surface area contributed by atoms with E-state index in [-0.39, 0.29) is 11.8 Å². The Balaban J connectivity index is 1.57. The van der Waals surface area contributed by atoms with Crippen molar-refractivity contribution in [1.29, 1.82) is 0 Å². The van der Waals surface area contributed by atoms with E-state index < -0.39 is 0 Å². The fourth-order valence-corrected chi connectivity index (χ4v) is 3.61. The average molecular weight is 386 g/mol. The predicted octanol–water partition coefficient (Wildman–Crippen LogP) is 4.46. The van der Waals surface area contributed by atoms with E-state index in [0.29, 0.717) is 29.1 Å². The number of nitrogens with one attached hydrogen (secondary N) is 1. The number of aryl methyl sites for hydroxylation is 1. The molecule has 0 unspecified atom stereocenters. The molecule has 1 N–H and O–H groups in total. The number of hydrogen-bond donors (Lipinski definition) is 1. The Morgan fingerprint density at radius 2 is 1.76 bits per heavy atom. The van der Waals surface area contributed by atoms with Crippen LogP contribution in [-0.2, 0) is 6.42 Å². The largest absolute Gasteiger partial charge is 0.495 e. The molecule has 29 heavy (non-hydrogen) atoms. The number of carbonyl (C=O) groups excluding carboxylic acids is 2. The molecular weight excluding hydrogens is 364 g/mol. The van der Waals surface area contributed by atoms with Gasteiger partial charge in [0, 0.05) is 23.4 Å². The molecule has 0 aliphatic carbocycles. The molecule has 0 fully saturated rings. The minimum atomic E-state index is -0.287. The number of benzene rings is 3. The van der Waals surface area contributed by atoms with Gasteiger partial charge in [0.2, 0.25) is 0 Å². The molecule has 3 aromatic carbocycles. The summed E-state index contributed by atoms with van der Waals surface area (Å²) in [6.07, 6.45) is 0.843. The summed E-state index contributed by atoms with van der Waals surface area (Å²) in [5.74, 6) is 0.202. The summed E-state index contributed by atoms with van der Waals surface area (Å²) >= 11 is 0. The first-order chi connectivity index (χ1) is 14.1. The lowest BCUT2D eigenvalue weighted by Crippen LogP contribution is -2.29. The van der Waals surface area contributed by atoms with Gasteiger partial charge in [-0.25, -0.2) is 0 Å². The number of methoxy groups -OCH3 is 1. The zero-order valence-electron chi connectivity index (χ0n) is 16.4.